The fourth-order valence-corrected chi connectivity index (χ4v) is 1.75. The molecule has 3 aromatic rings. The fraction of sp³-hybridized carbons (Fsp3) is 0. The minimum absolute atomic E-state index is 0.520. The molecule has 0 bridgehead atoms. The highest BCUT2D eigenvalue weighted by molar-refractivity contribution is 5.63. The van der Waals surface area contributed by atoms with Crippen LogP contribution in [0.5, 0.6) is 0 Å². The number of aromatic nitrogens is 4. The normalized spacial score (nSPS) is 10.1. The molecule has 0 aliphatic rings. The second-order valence-corrected chi connectivity index (χ2v) is 3.93. The van der Waals surface area contributed by atoms with E-state index in [0.717, 1.165) is 17.0 Å². The maximum atomic E-state index is 8.87. The number of rotatable bonds is 2. The maximum Gasteiger partial charge on any atom is 0.156 e. The highest BCUT2D eigenvalue weighted by Crippen LogP contribution is 2.20. The van der Waals surface area contributed by atoms with Crippen LogP contribution in [-0.4, -0.2) is 19.9 Å². The summed E-state index contributed by atoms with van der Waals surface area (Å²) in [5.74, 6) is 0.693. The standard InChI is InChI=1S/C14H9N5/c15-6-10-5-11(8-16-7-10)13-9-18-14(19-13)12-3-1-2-4-17-12/h1-5,7-9H,(H,18,19). The van der Waals surface area contributed by atoms with Crippen molar-refractivity contribution in [1.82, 2.24) is 19.9 Å². The summed E-state index contributed by atoms with van der Waals surface area (Å²) in [6, 6.07) is 9.47. The first-order valence-corrected chi connectivity index (χ1v) is 5.69. The molecule has 0 spiro atoms. The van der Waals surface area contributed by atoms with Crippen molar-refractivity contribution in [2.45, 2.75) is 0 Å². The monoisotopic (exact) mass is 247 g/mol. The molecule has 0 atom stereocenters. The van der Waals surface area contributed by atoms with Gasteiger partial charge in [-0.3, -0.25) is 9.97 Å². The van der Waals surface area contributed by atoms with E-state index in [9.17, 15) is 0 Å². The highest BCUT2D eigenvalue weighted by atomic mass is 14.9. The average Bonchev–Trinajstić information content (AvgIpc) is 2.98. The van der Waals surface area contributed by atoms with E-state index in [1.54, 1.807) is 24.7 Å². The van der Waals surface area contributed by atoms with Gasteiger partial charge in [0.2, 0.25) is 0 Å². The molecule has 5 heteroatoms. The van der Waals surface area contributed by atoms with E-state index in [1.165, 1.54) is 6.20 Å². The molecule has 0 fully saturated rings. The Morgan fingerprint density at radius 1 is 1.11 bits per heavy atom. The van der Waals surface area contributed by atoms with Crippen molar-refractivity contribution >= 4 is 0 Å². The molecule has 5 nitrogen and oxygen atoms in total. The summed E-state index contributed by atoms with van der Waals surface area (Å²) in [5.41, 5.74) is 2.93. The summed E-state index contributed by atoms with van der Waals surface area (Å²) in [6.07, 6.45) is 6.65. The van der Waals surface area contributed by atoms with Crippen LogP contribution in [0.3, 0.4) is 0 Å². The summed E-state index contributed by atoms with van der Waals surface area (Å²) in [5, 5.41) is 8.87. The van der Waals surface area contributed by atoms with Crippen LogP contribution < -0.4 is 0 Å². The number of pyridine rings is 2. The summed E-state index contributed by atoms with van der Waals surface area (Å²) in [6.45, 7) is 0. The SMILES string of the molecule is N#Cc1cncc(-c2cnc(-c3ccccn3)[nH]2)c1. The van der Waals surface area contributed by atoms with E-state index >= 15 is 0 Å². The van der Waals surface area contributed by atoms with Crippen LogP contribution in [0.25, 0.3) is 22.8 Å². The Bertz CT molecular complexity index is 740. The molecule has 0 unspecified atom stereocenters. The summed E-state index contributed by atoms with van der Waals surface area (Å²) >= 11 is 0. The van der Waals surface area contributed by atoms with Crippen LogP contribution in [0.15, 0.2) is 49.1 Å². The largest absolute Gasteiger partial charge is 0.337 e. The number of nitriles is 1. The Morgan fingerprint density at radius 3 is 2.84 bits per heavy atom. The zero-order chi connectivity index (χ0) is 13.1. The van der Waals surface area contributed by atoms with Gasteiger partial charge in [0, 0.05) is 24.2 Å². The zero-order valence-electron chi connectivity index (χ0n) is 9.91. The first kappa shape index (κ1) is 11.1. The van der Waals surface area contributed by atoms with Crippen molar-refractivity contribution in [1.29, 1.82) is 5.26 Å². The lowest BCUT2D eigenvalue weighted by Gasteiger charge is -1.97. The van der Waals surface area contributed by atoms with E-state index in [2.05, 4.69) is 26.0 Å². The van der Waals surface area contributed by atoms with Crippen molar-refractivity contribution < 1.29 is 0 Å². The molecule has 0 radical (unpaired) electrons. The van der Waals surface area contributed by atoms with Crippen LogP contribution in [0.1, 0.15) is 5.56 Å². The molecular formula is C14H9N5. The van der Waals surface area contributed by atoms with Crippen LogP contribution in [0.4, 0.5) is 0 Å². The number of hydrogen-bond donors (Lipinski definition) is 1. The van der Waals surface area contributed by atoms with E-state index in [-0.39, 0.29) is 0 Å². The van der Waals surface area contributed by atoms with E-state index < -0.39 is 0 Å². The lowest BCUT2D eigenvalue weighted by molar-refractivity contribution is 1.22. The molecule has 0 aliphatic carbocycles. The Labute approximate surface area is 109 Å². The third kappa shape index (κ3) is 2.19. The van der Waals surface area contributed by atoms with Gasteiger partial charge in [0.1, 0.15) is 11.8 Å². The first-order valence-electron chi connectivity index (χ1n) is 5.69. The Kier molecular flexibility index (Phi) is 2.75. The van der Waals surface area contributed by atoms with Crippen LogP contribution in [0.2, 0.25) is 0 Å². The average molecular weight is 247 g/mol. The Hall–Kier alpha value is -3.00. The van der Waals surface area contributed by atoms with Crippen molar-refractivity contribution in [3.8, 4) is 28.8 Å². The Morgan fingerprint density at radius 2 is 2.05 bits per heavy atom. The molecule has 0 aromatic carbocycles. The maximum absolute atomic E-state index is 8.87. The van der Waals surface area contributed by atoms with Crippen molar-refractivity contribution in [3.05, 3.63) is 54.6 Å². The number of hydrogen-bond acceptors (Lipinski definition) is 4. The number of nitrogens with one attached hydrogen (secondary N) is 1. The molecular weight excluding hydrogens is 238 g/mol. The predicted octanol–water partition coefficient (Wildman–Crippen LogP) is 2.41. The molecule has 0 saturated heterocycles. The van der Waals surface area contributed by atoms with Gasteiger partial charge in [0.25, 0.3) is 0 Å². The van der Waals surface area contributed by atoms with Crippen LogP contribution in [-0.2, 0) is 0 Å². The van der Waals surface area contributed by atoms with Gasteiger partial charge in [-0.2, -0.15) is 5.26 Å². The van der Waals surface area contributed by atoms with E-state index in [4.69, 9.17) is 5.26 Å². The molecule has 1 N–H and O–H groups in total. The molecule has 0 aliphatic heterocycles. The molecule has 19 heavy (non-hydrogen) atoms. The summed E-state index contributed by atoms with van der Waals surface area (Å²) < 4.78 is 0. The van der Waals surface area contributed by atoms with Gasteiger partial charge in [0.15, 0.2) is 5.82 Å². The lowest BCUT2D eigenvalue weighted by Crippen LogP contribution is -1.85. The van der Waals surface area contributed by atoms with Crippen molar-refractivity contribution in [2.75, 3.05) is 0 Å². The second-order valence-electron chi connectivity index (χ2n) is 3.93. The van der Waals surface area contributed by atoms with Gasteiger partial charge in [-0.1, -0.05) is 6.07 Å². The number of H-pyrrole nitrogens is 1. The van der Waals surface area contributed by atoms with Gasteiger partial charge >= 0.3 is 0 Å². The van der Waals surface area contributed by atoms with Crippen molar-refractivity contribution in [2.24, 2.45) is 0 Å². The van der Waals surface area contributed by atoms with Gasteiger partial charge in [-0.25, -0.2) is 4.98 Å². The third-order valence-corrected chi connectivity index (χ3v) is 2.66. The highest BCUT2D eigenvalue weighted by Gasteiger charge is 2.06. The molecule has 0 saturated carbocycles. The zero-order valence-corrected chi connectivity index (χ0v) is 9.91. The minimum atomic E-state index is 0.520. The topological polar surface area (TPSA) is 78.2 Å². The molecule has 3 heterocycles. The van der Waals surface area contributed by atoms with E-state index in [1.807, 2.05) is 18.2 Å². The quantitative estimate of drug-likeness (QED) is 0.754. The third-order valence-electron chi connectivity index (χ3n) is 2.66. The molecule has 90 valence electrons. The van der Waals surface area contributed by atoms with Crippen LogP contribution in [0, 0.1) is 11.3 Å². The smallest absolute Gasteiger partial charge is 0.156 e. The number of imidazole rings is 1. The van der Waals surface area contributed by atoms with Gasteiger partial charge < -0.3 is 4.98 Å². The first-order chi connectivity index (χ1) is 9.36. The fourth-order valence-electron chi connectivity index (χ4n) is 1.75. The molecule has 0 amide bonds. The summed E-state index contributed by atoms with van der Waals surface area (Å²) in [7, 11) is 0. The van der Waals surface area contributed by atoms with Gasteiger partial charge in [-0.15, -0.1) is 0 Å². The minimum Gasteiger partial charge on any atom is -0.337 e. The van der Waals surface area contributed by atoms with Crippen molar-refractivity contribution in [3.63, 3.8) is 0 Å². The second kappa shape index (κ2) is 4.70. The number of nitrogens with zero attached hydrogens (tertiary/aromatic N) is 4. The lowest BCUT2D eigenvalue weighted by atomic mass is 10.2. The van der Waals surface area contributed by atoms with Crippen LogP contribution >= 0.6 is 0 Å². The van der Waals surface area contributed by atoms with Gasteiger partial charge in [0.05, 0.1) is 17.5 Å². The molecule has 3 aromatic heterocycles. The summed E-state index contributed by atoms with van der Waals surface area (Å²) in [4.78, 5) is 15.7. The van der Waals surface area contributed by atoms with Gasteiger partial charge in [-0.05, 0) is 18.2 Å². The molecule has 3 rings (SSSR count). The van der Waals surface area contributed by atoms with E-state index in [0.29, 0.717) is 11.4 Å². The number of aromatic amines is 1. The Balaban J connectivity index is 2.00. The predicted molar refractivity (Wildman–Crippen MR) is 69.8 cm³/mol.